The molecule has 1 nitrogen and oxygen atoms in total. The molecule has 0 atom stereocenters. The molecule has 0 aliphatic heterocycles. The maximum absolute atomic E-state index is 13.4. The van der Waals surface area contributed by atoms with Crippen molar-refractivity contribution >= 4 is 6.29 Å². The minimum atomic E-state index is -1.01. The minimum Gasteiger partial charge on any atom is -0.298 e. The number of carbonyl (C=O) groups is 1. The van der Waals surface area contributed by atoms with Gasteiger partial charge in [-0.05, 0) is 30.4 Å². The van der Waals surface area contributed by atoms with Crippen molar-refractivity contribution in [2.45, 2.75) is 25.2 Å². The van der Waals surface area contributed by atoms with Gasteiger partial charge in [-0.25, -0.2) is 8.78 Å². The number of carbonyl (C=O) groups excluding carboxylic acids is 1. The van der Waals surface area contributed by atoms with Crippen molar-refractivity contribution in [1.29, 1.82) is 0 Å². The Bertz CT molecular complexity index is 370. The van der Waals surface area contributed by atoms with Crippen LogP contribution in [-0.4, -0.2) is 6.29 Å². The summed E-state index contributed by atoms with van der Waals surface area (Å²) in [5.74, 6) is -1.71. The van der Waals surface area contributed by atoms with Crippen LogP contribution in [0.25, 0.3) is 0 Å². The average Bonchev–Trinajstić information content (AvgIpc) is 2.10. The SMILES string of the molecule is O=Cc1ccc(C2CCC2)c(F)c1F. The van der Waals surface area contributed by atoms with Gasteiger partial charge < -0.3 is 0 Å². The third-order valence-corrected chi connectivity index (χ3v) is 2.81. The lowest BCUT2D eigenvalue weighted by Gasteiger charge is -2.26. The van der Waals surface area contributed by atoms with E-state index in [0.717, 1.165) is 19.3 Å². The number of halogens is 2. The van der Waals surface area contributed by atoms with E-state index in [1.807, 2.05) is 0 Å². The molecule has 0 aromatic heterocycles. The lowest BCUT2D eigenvalue weighted by Crippen LogP contribution is -2.12. The Labute approximate surface area is 80.7 Å². The fraction of sp³-hybridized carbons (Fsp3) is 0.364. The lowest BCUT2D eigenvalue weighted by molar-refractivity contribution is 0.111. The topological polar surface area (TPSA) is 17.1 Å². The highest BCUT2D eigenvalue weighted by atomic mass is 19.2. The van der Waals surface area contributed by atoms with Crippen LogP contribution in [0.2, 0.25) is 0 Å². The van der Waals surface area contributed by atoms with Gasteiger partial charge in [-0.1, -0.05) is 12.5 Å². The molecule has 1 aromatic carbocycles. The first kappa shape index (κ1) is 9.31. The fourth-order valence-corrected chi connectivity index (χ4v) is 1.70. The maximum Gasteiger partial charge on any atom is 0.169 e. The Hall–Kier alpha value is -1.25. The van der Waals surface area contributed by atoms with Crippen LogP contribution in [0.3, 0.4) is 0 Å². The first-order valence-corrected chi connectivity index (χ1v) is 4.67. The van der Waals surface area contributed by atoms with Crippen LogP contribution in [0.5, 0.6) is 0 Å². The number of aldehydes is 1. The van der Waals surface area contributed by atoms with E-state index < -0.39 is 11.6 Å². The van der Waals surface area contributed by atoms with Crippen LogP contribution in [0, 0.1) is 11.6 Å². The summed E-state index contributed by atoms with van der Waals surface area (Å²) in [4.78, 5) is 10.3. The molecule has 1 aromatic rings. The zero-order chi connectivity index (χ0) is 10.1. The van der Waals surface area contributed by atoms with Crippen molar-refractivity contribution in [3.05, 3.63) is 34.9 Å². The van der Waals surface area contributed by atoms with Crippen molar-refractivity contribution in [3.8, 4) is 0 Å². The Kier molecular flexibility index (Phi) is 2.32. The molecule has 0 spiro atoms. The van der Waals surface area contributed by atoms with Gasteiger partial charge in [-0.15, -0.1) is 0 Å². The summed E-state index contributed by atoms with van der Waals surface area (Å²) in [6.45, 7) is 0. The van der Waals surface area contributed by atoms with E-state index in [-0.39, 0.29) is 11.5 Å². The van der Waals surface area contributed by atoms with E-state index in [1.54, 1.807) is 0 Å². The summed E-state index contributed by atoms with van der Waals surface area (Å²) in [5, 5.41) is 0. The highest BCUT2D eigenvalue weighted by molar-refractivity contribution is 5.75. The van der Waals surface area contributed by atoms with Crippen molar-refractivity contribution in [3.63, 3.8) is 0 Å². The molecule has 0 amide bonds. The molecule has 0 bridgehead atoms. The third kappa shape index (κ3) is 1.33. The Morgan fingerprint density at radius 3 is 2.43 bits per heavy atom. The molecule has 0 radical (unpaired) electrons. The summed E-state index contributed by atoms with van der Waals surface area (Å²) in [6.07, 6.45) is 3.23. The van der Waals surface area contributed by atoms with E-state index in [0.29, 0.717) is 11.8 Å². The predicted octanol–water partition coefficient (Wildman–Crippen LogP) is 3.04. The van der Waals surface area contributed by atoms with Gasteiger partial charge in [0.1, 0.15) is 0 Å². The van der Waals surface area contributed by atoms with Gasteiger partial charge in [0.05, 0.1) is 5.56 Å². The normalized spacial score (nSPS) is 16.4. The van der Waals surface area contributed by atoms with Crippen LogP contribution < -0.4 is 0 Å². The number of hydrogen-bond acceptors (Lipinski definition) is 1. The molecule has 14 heavy (non-hydrogen) atoms. The lowest BCUT2D eigenvalue weighted by atomic mass is 9.79. The summed E-state index contributed by atoms with van der Waals surface area (Å²) < 4.78 is 26.6. The van der Waals surface area contributed by atoms with E-state index >= 15 is 0 Å². The van der Waals surface area contributed by atoms with E-state index in [9.17, 15) is 13.6 Å². The summed E-state index contributed by atoms with van der Waals surface area (Å²) in [5.41, 5.74) is 0.213. The minimum absolute atomic E-state index is 0.144. The second kappa shape index (κ2) is 3.48. The first-order valence-electron chi connectivity index (χ1n) is 4.67. The van der Waals surface area contributed by atoms with E-state index in [2.05, 4.69) is 0 Å². The zero-order valence-corrected chi connectivity index (χ0v) is 7.59. The molecule has 0 N–H and O–H groups in total. The molecule has 1 fully saturated rings. The average molecular weight is 196 g/mol. The Balaban J connectivity index is 2.42. The number of benzene rings is 1. The smallest absolute Gasteiger partial charge is 0.169 e. The van der Waals surface area contributed by atoms with Gasteiger partial charge in [-0.3, -0.25) is 4.79 Å². The predicted molar refractivity (Wildman–Crippen MR) is 48.3 cm³/mol. The molecule has 74 valence electrons. The van der Waals surface area contributed by atoms with E-state index in [1.165, 1.54) is 12.1 Å². The third-order valence-electron chi connectivity index (χ3n) is 2.81. The molecule has 2 rings (SSSR count). The molecule has 1 aliphatic carbocycles. The van der Waals surface area contributed by atoms with E-state index in [4.69, 9.17) is 0 Å². The monoisotopic (exact) mass is 196 g/mol. The standard InChI is InChI=1S/C11H10F2O/c12-10-8(6-14)4-5-9(11(10)13)7-2-1-3-7/h4-7H,1-3H2. The molecule has 3 heteroatoms. The number of hydrogen-bond donors (Lipinski definition) is 0. The summed E-state index contributed by atoms with van der Waals surface area (Å²) in [6, 6.07) is 2.87. The fourth-order valence-electron chi connectivity index (χ4n) is 1.70. The number of rotatable bonds is 2. The molecule has 0 saturated heterocycles. The highest BCUT2D eigenvalue weighted by Crippen LogP contribution is 2.38. The van der Waals surface area contributed by atoms with Gasteiger partial charge in [-0.2, -0.15) is 0 Å². The van der Waals surface area contributed by atoms with Crippen molar-refractivity contribution in [2.24, 2.45) is 0 Å². The molecular formula is C11H10F2O. The maximum atomic E-state index is 13.4. The summed E-state index contributed by atoms with van der Waals surface area (Å²) >= 11 is 0. The first-order chi connectivity index (χ1) is 6.74. The molecule has 0 unspecified atom stereocenters. The Morgan fingerprint density at radius 2 is 1.93 bits per heavy atom. The van der Waals surface area contributed by atoms with Gasteiger partial charge in [0.2, 0.25) is 0 Å². The van der Waals surface area contributed by atoms with Gasteiger partial charge in [0.15, 0.2) is 17.9 Å². The highest BCUT2D eigenvalue weighted by Gasteiger charge is 2.25. The van der Waals surface area contributed by atoms with Crippen LogP contribution in [0.1, 0.15) is 41.1 Å². The van der Waals surface area contributed by atoms with Crippen molar-refractivity contribution in [2.75, 3.05) is 0 Å². The molecule has 0 heterocycles. The summed E-state index contributed by atoms with van der Waals surface area (Å²) in [7, 11) is 0. The second-order valence-corrected chi connectivity index (χ2v) is 3.62. The van der Waals surface area contributed by atoms with Crippen LogP contribution >= 0.6 is 0 Å². The molecule has 1 saturated carbocycles. The van der Waals surface area contributed by atoms with Crippen LogP contribution in [0.15, 0.2) is 12.1 Å². The van der Waals surface area contributed by atoms with Crippen LogP contribution in [-0.2, 0) is 0 Å². The molecular weight excluding hydrogens is 186 g/mol. The van der Waals surface area contributed by atoms with Crippen molar-refractivity contribution < 1.29 is 13.6 Å². The molecule has 1 aliphatic rings. The second-order valence-electron chi connectivity index (χ2n) is 3.62. The largest absolute Gasteiger partial charge is 0.298 e. The van der Waals surface area contributed by atoms with Gasteiger partial charge >= 0.3 is 0 Å². The van der Waals surface area contributed by atoms with Crippen molar-refractivity contribution in [1.82, 2.24) is 0 Å². The zero-order valence-electron chi connectivity index (χ0n) is 7.59. The quantitative estimate of drug-likeness (QED) is 0.664. The van der Waals surface area contributed by atoms with Crippen LogP contribution in [0.4, 0.5) is 8.78 Å². The van der Waals surface area contributed by atoms with Gasteiger partial charge in [0, 0.05) is 0 Å². The van der Waals surface area contributed by atoms with Gasteiger partial charge in [0.25, 0.3) is 0 Å². The Morgan fingerprint density at radius 1 is 1.21 bits per heavy atom.